The Morgan fingerprint density at radius 3 is 3.12 bits per heavy atom. The summed E-state index contributed by atoms with van der Waals surface area (Å²) in [5.74, 6) is 0.274. The van der Waals surface area contributed by atoms with Gasteiger partial charge in [0, 0.05) is 32.4 Å². The molecule has 0 aromatic carbocycles. The van der Waals surface area contributed by atoms with Gasteiger partial charge in [0.1, 0.15) is 0 Å². The summed E-state index contributed by atoms with van der Waals surface area (Å²) in [6.07, 6.45) is 6.01. The highest BCUT2D eigenvalue weighted by atomic mass is 16.2. The average molecular weight is 338 g/mol. The maximum absolute atomic E-state index is 13.1. The second-order valence-electron chi connectivity index (χ2n) is 7.12. The van der Waals surface area contributed by atoms with Crippen LogP contribution in [-0.4, -0.2) is 57.4 Å². The van der Waals surface area contributed by atoms with Gasteiger partial charge in [-0.3, -0.25) is 9.59 Å². The van der Waals surface area contributed by atoms with Crippen LogP contribution in [0.3, 0.4) is 0 Å². The summed E-state index contributed by atoms with van der Waals surface area (Å²) in [7, 11) is 0. The Hall–Kier alpha value is -2.63. The number of rotatable bonds is 3. The van der Waals surface area contributed by atoms with Crippen molar-refractivity contribution in [3.05, 3.63) is 48.8 Å². The van der Waals surface area contributed by atoms with Gasteiger partial charge in [0.25, 0.3) is 5.91 Å². The molecular weight excluding hydrogens is 316 g/mol. The molecule has 0 aliphatic carbocycles. The van der Waals surface area contributed by atoms with E-state index in [1.807, 2.05) is 34.2 Å². The number of aromatic nitrogens is 2. The van der Waals surface area contributed by atoms with Crippen molar-refractivity contribution in [2.75, 3.05) is 26.2 Å². The normalized spacial score (nSPS) is 26.1. The SMILES string of the molecule is C=CCN1CC[C@]2(CN(C(=O)c3cnn4ccccc34)C[C@H]2C)C1=O. The number of amides is 2. The fourth-order valence-electron chi connectivity index (χ4n) is 4.28. The van der Waals surface area contributed by atoms with Crippen LogP contribution in [0, 0.1) is 11.3 Å². The number of hydrogen-bond donors (Lipinski definition) is 0. The van der Waals surface area contributed by atoms with Crippen LogP contribution in [0.5, 0.6) is 0 Å². The third-order valence-electron chi connectivity index (χ3n) is 5.75. The van der Waals surface area contributed by atoms with Gasteiger partial charge in [0.2, 0.25) is 5.91 Å². The monoisotopic (exact) mass is 338 g/mol. The fraction of sp³-hybridized carbons (Fsp3) is 0.421. The standard InChI is InChI=1S/C19H22N4O2/c1-3-8-21-10-7-19(18(21)25)13-22(12-14(19)2)17(24)15-11-20-23-9-5-4-6-16(15)23/h3-6,9,11,14H,1,7-8,10,12-13H2,2H3/t14-,19-/m1/s1. The van der Waals surface area contributed by atoms with Gasteiger partial charge in [0.15, 0.2) is 0 Å². The van der Waals surface area contributed by atoms with E-state index >= 15 is 0 Å². The predicted octanol–water partition coefficient (Wildman–Crippen LogP) is 1.83. The van der Waals surface area contributed by atoms with Crippen molar-refractivity contribution in [1.82, 2.24) is 19.4 Å². The van der Waals surface area contributed by atoms with E-state index in [1.54, 1.807) is 16.8 Å². The molecule has 2 fully saturated rings. The first-order chi connectivity index (χ1) is 12.1. The summed E-state index contributed by atoms with van der Waals surface area (Å²) in [6.45, 7) is 8.23. The van der Waals surface area contributed by atoms with Crippen LogP contribution in [-0.2, 0) is 4.79 Å². The molecule has 6 heteroatoms. The summed E-state index contributed by atoms with van der Waals surface area (Å²) < 4.78 is 1.70. The maximum Gasteiger partial charge on any atom is 0.257 e. The number of pyridine rings is 1. The molecule has 25 heavy (non-hydrogen) atoms. The highest BCUT2D eigenvalue weighted by molar-refractivity contribution is 6.01. The third-order valence-corrected chi connectivity index (χ3v) is 5.75. The Morgan fingerprint density at radius 1 is 1.48 bits per heavy atom. The number of hydrogen-bond acceptors (Lipinski definition) is 3. The molecule has 4 rings (SSSR count). The van der Waals surface area contributed by atoms with Crippen LogP contribution >= 0.6 is 0 Å². The van der Waals surface area contributed by atoms with Gasteiger partial charge >= 0.3 is 0 Å². The van der Waals surface area contributed by atoms with E-state index < -0.39 is 5.41 Å². The zero-order chi connectivity index (χ0) is 17.6. The second-order valence-corrected chi connectivity index (χ2v) is 7.12. The van der Waals surface area contributed by atoms with E-state index in [4.69, 9.17) is 0 Å². The van der Waals surface area contributed by atoms with E-state index in [0.29, 0.717) is 25.2 Å². The van der Waals surface area contributed by atoms with Crippen molar-refractivity contribution in [3.63, 3.8) is 0 Å². The summed E-state index contributed by atoms with van der Waals surface area (Å²) in [5, 5.41) is 4.25. The highest BCUT2D eigenvalue weighted by Gasteiger charge is 2.55. The van der Waals surface area contributed by atoms with Gasteiger partial charge in [-0.25, -0.2) is 4.52 Å². The fourth-order valence-corrected chi connectivity index (χ4v) is 4.28. The minimum absolute atomic E-state index is 0.0418. The molecule has 1 spiro atoms. The molecular formula is C19H22N4O2. The molecule has 0 radical (unpaired) electrons. The van der Waals surface area contributed by atoms with Crippen LogP contribution in [0.4, 0.5) is 0 Å². The lowest BCUT2D eigenvalue weighted by Crippen LogP contribution is -2.40. The summed E-state index contributed by atoms with van der Waals surface area (Å²) in [6, 6.07) is 5.67. The minimum atomic E-state index is -0.443. The number of fused-ring (bicyclic) bond motifs is 1. The summed E-state index contributed by atoms with van der Waals surface area (Å²) in [4.78, 5) is 29.7. The van der Waals surface area contributed by atoms with E-state index in [9.17, 15) is 9.59 Å². The van der Waals surface area contributed by atoms with Gasteiger partial charge in [-0.2, -0.15) is 5.10 Å². The van der Waals surface area contributed by atoms with Crippen LogP contribution < -0.4 is 0 Å². The van der Waals surface area contributed by atoms with E-state index in [0.717, 1.165) is 18.5 Å². The molecule has 2 saturated heterocycles. The largest absolute Gasteiger partial charge is 0.338 e. The molecule has 2 aliphatic rings. The van der Waals surface area contributed by atoms with E-state index in [-0.39, 0.29) is 17.7 Å². The molecule has 2 aromatic rings. The van der Waals surface area contributed by atoms with Crippen LogP contribution in [0.2, 0.25) is 0 Å². The lowest BCUT2D eigenvalue weighted by Gasteiger charge is -2.26. The maximum atomic E-state index is 13.1. The first-order valence-corrected chi connectivity index (χ1v) is 8.69. The van der Waals surface area contributed by atoms with Crippen LogP contribution in [0.25, 0.3) is 5.52 Å². The number of likely N-dealkylation sites (tertiary alicyclic amines) is 2. The lowest BCUT2D eigenvalue weighted by molar-refractivity contribution is -0.136. The Balaban J connectivity index is 1.60. The average Bonchev–Trinajstić information content (AvgIpc) is 3.28. The molecule has 0 unspecified atom stereocenters. The summed E-state index contributed by atoms with van der Waals surface area (Å²) in [5.41, 5.74) is 0.951. The number of carbonyl (C=O) groups is 2. The smallest absolute Gasteiger partial charge is 0.257 e. The zero-order valence-electron chi connectivity index (χ0n) is 14.4. The number of carbonyl (C=O) groups excluding carboxylic acids is 2. The van der Waals surface area contributed by atoms with Crippen LogP contribution in [0.1, 0.15) is 23.7 Å². The van der Waals surface area contributed by atoms with Gasteiger partial charge in [0.05, 0.1) is 22.7 Å². The first kappa shape index (κ1) is 15.9. The molecule has 6 nitrogen and oxygen atoms in total. The van der Waals surface area contributed by atoms with Crippen LogP contribution in [0.15, 0.2) is 43.2 Å². The topological polar surface area (TPSA) is 57.9 Å². The minimum Gasteiger partial charge on any atom is -0.338 e. The van der Waals surface area contributed by atoms with Crippen molar-refractivity contribution in [3.8, 4) is 0 Å². The third kappa shape index (κ3) is 2.27. The molecule has 130 valence electrons. The van der Waals surface area contributed by atoms with Crippen molar-refractivity contribution in [1.29, 1.82) is 0 Å². The van der Waals surface area contributed by atoms with Gasteiger partial charge < -0.3 is 9.80 Å². The van der Waals surface area contributed by atoms with Crippen molar-refractivity contribution >= 4 is 17.3 Å². The first-order valence-electron chi connectivity index (χ1n) is 8.69. The molecule has 0 N–H and O–H groups in total. The van der Waals surface area contributed by atoms with Gasteiger partial charge in [-0.05, 0) is 24.5 Å². The molecule has 0 bridgehead atoms. The Morgan fingerprint density at radius 2 is 2.32 bits per heavy atom. The highest BCUT2D eigenvalue weighted by Crippen LogP contribution is 2.45. The van der Waals surface area contributed by atoms with Crippen molar-refractivity contribution in [2.24, 2.45) is 11.3 Å². The Kier molecular flexibility index (Phi) is 3.63. The predicted molar refractivity (Wildman–Crippen MR) is 94.1 cm³/mol. The molecule has 2 aliphatic heterocycles. The number of nitrogens with zero attached hydrogens (tertiary/aromatic N) is 4. The molecule has 4 heterocycles. The lowest BCUT2D eigenvalue weighted by atomic mass is 9.78. The summed E-state index contributed by atoms with van der Waals surface area (Å²) >= 11 is 0. The van der Waals surface area contributed by atoms with Gasteiger partial charge in [-0.1, -0.05) is 19.1 Å². The molecule has 2 amide bonds. The van der Waals surface area contributed by atoms with Crippen molar-refractivity contribution in [2.45, 2.75) is 13.3 Å². The molecule has 0 saturated carbocycles. The Bertz CT molecular complexity index is 858. The quantitative estimate of drug-likeness (QED) is 0.802. The zero-order valence-corrected chi connectivity index (χ0v) is 14.4. The van der Waals surface area contributed by atoms with Crippen molar-refractivity contribution < 1.29 is 9.59 Å². The molecule has 2 atom stereocenters. The molecule has 2 aromatic heterocycles. The van der Waals surface area contributed by atoms with Gasteiger partial charge in [-0.15, -0.1) is 6.58 Å². The van der Waals surface area contributed by atoms with E-state index in [1.165, 1.54) is 0 Å². The van der Waals surface area contributed by atoms with E-state index in [2.05, 4.69) is 18.6 Å². The Labute approximate surface area is 146 Å². The second kappa shape index (κ2) is 5.72.